The number of halogens is 1. The molecule has 3 aromatic heterocycles. The molecule has 3 aliphatic heterocycles. The summed E-state index contributed by atoms with van der Waals surface area (Å²) in [6, 6.07) is 0.948. The van der Waals surface area contributed by atoms with Crippen LogP contribution in [0, 0.1) is 0 Å². The Balaban J connectivity index is 1.31. The number of nitrogen functional groups attached to an aromatic ring is 1. The molecular formula is C24H30FN7O14P2S. The molecule has 0 spiro atoms. The monoisotopic (exact) mass is 753 g/mol. The highest BCUT2D eigenvalue weighted by Crippen LogP contribution is 2.64. The summed E-state index contributed by atoms with van der Waals surface area (Å²) in [4.78, 5) is 61.2. The van der Waals surface area contributed by atoms with Crippen LogP contribution < -0.4 is 17.0 Å². The van der Waals surface area contributed by atoms with E-state index >= 15 is 4.39 Å². The minimum atomic E-state index is -4.98. The second-order valence-electron chi connectivity index (χ2n) is 11.0. The van der Waals surface area contributed by atoms with Gasteiger partial charge in [-0.05, 0) is 13.8 Å². The van der Waals surface area contributed by atoms with Crippen LogP contribution >= 0.6 is 26.0 Å². The highest BCUT2D eigenvalue weighted by atomic mass is 32.7. The molecule has 4 N–H and O–H groups in total. The van der Waals surface area contributed by atoms with E-state index in [1.165, 1.54) is 17.2 Å². The number of anilines is 1. The predicted molar refractivity (Wildman–Crippen MR) is 163 cm³/mol. The van der Waals surface area contributed by atoms with Crippen molar-refractivity contribution in [3.63, 3.8) is 0 Å². The fraction of sp³-hybridized carbons (Fsp3) is 0.583. The largest absolute Gasteiger partial charge is 0.509 e. The second kappa shape index (κ2) is 14.2. The Labute approximate surface area is 278 Å². The number of nitrogens with two attached hydrogens (primary N) is 1. The maximum absolute atomic E-state index is 16.0. The average molecular weight is 754 g/mol. The number of hydrogen-bond acceptors (Lipinski definition) is 18. The van der Waals surface area contributed by atoms with Gasteiger partial charge in [-0.2, -0.15) is 0 Å². The summed E-state index contributed by atoms with van der Waals surface area (Å²) in [6.07, 6.45) is -9.12. The lowest BCUT2D eigenvalue weighted by atomic mass is 10.1. The van der Waals surface area contributed by atoms with Gasteiger partial charge in [-0.25, -0.2) is 38.1 Å². The van der Waals surface area contributed by atoms with E-state index in [0.29, 0.717) is 11.4 Å². The highest BCUT2D eigenvalue weighted by Gasteiger charge is 2.53. The first kappa shape index (κ1) is 35.6. The first-order valence-corrected chi connectivity index (χ1v) is 19.1. The van der Waals surface area contributed by atoms with Crippen molar-refractivity contribution in [1.82, 2.24) is 29.1 Å². The Hall–Kier alpha value is -3.24. The van der Waals surface area contributed by atoms with Crippen LogP contribution in [-0.2, 0) is 46.2 Å². The van der Waals surface area contributed by atoms with E-state index in [1.807, 2.05) is 4.98 Å². The Morgan fingerprint density at radius 3 is 2.67 bits per heavy atom. The smallest absolute Gasteiger partial charge is 0.432 e. The van der Waals surface area contributed by atoms with Crippen LogP contribution in [0.5, 0.6) is 0 Å². The van der Waals surface area contributed by atoms with Crippen LogP contribution in [0.15, 0.2) is 34.5 Å². The van der Waals surface area contributed by atoms with Crippen molar-refractivity contribution in [2.75, 3.05) is 24.9 Å². The third-order valence-electron chi connectivity index (χ3n) is 7.31. The quantitative estimate of drug-likeness (QED) is 0.184. The second-order valence-corrected chi connectivity index (χ2v) is 16.4. The van der Waals surface area contributed by atoms with Gasteiger partial charge in [0.1, 0.15) is 42.5 Å². The Morgan fingerprint density at radius 2 is 1.92 bits per heavy atom. The number of aromatic nitrogens is 6. The molecule has 0 aromatic carbocycles. The van der Waals surface area contributed by atoms with E-state index in [0.717, 1.165) is 16.8 Å². The molecule has 6 heterocycles. The van der Waals surface area contributed by atoms with Gasteiger partial charge in [-0.1, -0.05) is 0 Å². The lowest BCUT2D eigenvalue weighted by Gasteiger charge is -2.27. The lowest BCUT2D eigenvalue weighted by molar-refractivity contribution is -0.0635. The number of ether oxygens (including phenoxy) is 4. The van der Waals surface area contributed by atoms with Crippen LogP contribution in [0.2, 0.25) is 0 Å². The van der Waals surface area contributed by atoms with E-state index in [2.05, 4.69) is 15.0 Å². The van der Waals surface area contributed by atoms with Crippen LogP contribution in [0.4, 0.5) is 15.0 Å². The number of aromatic amines is 1. The van der Waals surface area contributed by atoms with Gasteiger partial charge in [0.2, 0.25) is 0 Å². The van der Waals surface area contributed by atoms with Gasteiger partial charge in [0.15, 0.2) is 29.8 Å². The van der Waals surface area contributed by atoms with Gasteiger partial charge in [0.25, 0.3) is 5.56 Å². The first-order chi connectivity index (χ1) is 23.2. The molecule has 3 aliphatic rings. The van der Waals surface area contributed by atoms with Gasteiger partial charge in [-0.15, -0.1) is 0 Å². The average Bonchev–Trinajstić information content (AvgIpc) is 3.71. The van der Waals surface area contributed by atoms with E-state index in [9.17, 15) is 28.4 Å². The highest BCUT2D eigenvalue weighted by molar-refractivity contribution is 8.55. The predicted octanol–water partition coefficient (Wildman–Crippen LogP) is 1.76. The maximum atomic E-state index is 16.0. The lowest BCUT2D eigenvalue weighted by Crippen LogP contribution is -2.37. The number of hydrogen-bond donors (Lipinski definition) is 3. The molecule has 49 heavy (non-hydrogen) atoms. The van der Waals surface area contributed by atoms with Crippen molar-refractivity contribution in [3.05, 3.63) is 45.8 Å². The zero-order chi connectivity index (χ0) is 35.1. The molecule has 0 saturated carbocycles. The molecule has 3 saturated heterocycles. The number of alkyl halides is 1. The Bertz CT molecular complexity index is 1910. The van der Waals surface area contributed by atoms with E-state index in [-0.39, 0.29) is 23.4 Å². The molecule has 0 amide bonds. The molecule has 2 unspecified atom stereocenters. The molecule has 3 fully saturated rings. The summed E-state index contributed by atoms with van der Waals surface area (Å²) in [7, 11) is -4.98. The number of carbonyl (C=O) groups excluding carboxylic acids is 1. The van der Waals surface area contributed by atoms with Gasteiger partial charge >= 0.3 is 26.5 Å². The number of nitrogens with one attached hydrogen (secondary N) is 1. The fourth-order valence-electron chi connectivity index (χ4n) is 5.15. The van der Waals surface area contributed by atoms with E-state index in [1.54, 1.807) is 13.8 Å². The summed E-state index contributed by atoms with van der Waals surface area (Å²) in [5.41, 5.74) is 4.63. The molecule has 268 valence electrons. The number of imidazole rings is 1. The summed E-state index contributed by atoms with van der Waals surface area (Å²) < 4.78 is 89.2. The Kier molecular flexibility index (Phi) is 10.3. The number of H-pyrrole nitrogens is 1. The third kappa shape index (κ3) is 7.90. The zero-order valence-electron chi connectivity index (χ0n) is 25.5. The zero-order valence-corrected chi connectivity index (χ0v) is 28.1. The Morgan fingerprint density at radius 1 is 1.14 bits per heavy atom. The van der Waals surface area contributed by atoms with Gasteiger partial charge < -0.3 is 29.6 Å². The number of fused-ring (bicyclic) bond motifs is 4. The van der Waals surface area contributed by atoms with Gasteiger partial charge in [0.05, 0.1) is 25.6 Å². The molecule has 0 radical (unpaired) electrons. The number of carbonyl (C=O) groups is 1. The molecule has 6 rings (SSSR count). The molecule has 2 bridgehead atoms. The van der Waals surface area contributed by atoms with Gasteiger partial charge in [0, 0.05) is 30.1 Å². The molecule has 9 atom stereocenters. The van der Waals surface area contributed by atoms with Crippen molar-refractivity contribution in [2.24, 2.45) is 0 Å². The summed E-state index contributed by atoms with van der Waals surface area (Å²) in [6.45, 7) is -3.02. The van der Waals surface area contributed by atoms with Crippen LogP contribution in [-0.4, -0.2) is 96.0 Å². The van der Waals surface area contributed by atoms with Crippen molar-refractivity contribution in [1.29, 1.82) is 0 Å². The van der Waals surface area contributed by atoms with Crippen LogP contribution in [0.25, 0.3) is 11.2 Å². The van der Waals surface area contributed by atoms with Crippen LogP contribution in [0.3, 0.4) is 0 Å². The van der Waals surface area contributed by atoms with Crippen molar-refractivity contribution in [3.8, 4) is 0 Å². The third-order valence-corrected chi connectivity index (χ3v) is 11.7. The first-order valence-electron chi connectivity index (χ1n) is 14.5. The molecule has 0 aliphatic carbocycles. The minimum Gasteiger partial charge on any atom is -0.432 e. The number of nitrogens with zero attached hydrogens (tertiary/aromatic N) is 5. The topological polar surface area (TPSA) is 270 Å². The number of rotatable bonds is 6. The molecular weight excluding hydrogens is 723 g/mol. The van der Waals surface area contributed by atoms with Crippen LogP contribution in [0.1, 0.15) is 32.7 Å². The standard InChI is InChI=1S/C24H30FN7O14P2S/c1-11(2)42-24(35)39-10-49-48(38)41-6-13-12(5-16(43-13)32-9-29-18-20(26)27-8-28-21(18)32)45-47(36,37)40-7-14-17(25)19(46-48)22(44-14)31-4-3-15(33)30-23(31)34/h3-4,8-9,11-14,16-17,19,22H,5-7,10H2,1-2H3,(H,36,37)(H2,26,27,28)(H,30,33,34)/t12-,13+,14+,16+,17+,19+,22+,48?/m0/s1. The SMILES string of the molecule is CC(C)OC(=O)OCSP1(=O)OC[C@H]2O[C@@H](n3cnc4c(N)ncnc43)C[C@@H]2OP(=O)(O)OC[C@H]2O[C@@H](n3ccc(=O)[nH]c3=O)[C@H](O1)[C@@H]2F. The van der Waals surface area contributed by atoms with Crippen molar-refractivity contribution >= 4 is 49.1 Å². The van der Waals surface area contributed by atoms with E-state index in [4.69, 9.17) is 42.8 Å². The molecule has 25 heteroatoms. The van der Waals surface area contributed by atoms with Crippen molar-refractivity contribution < 1.29 is 60.3 Å². The van der Waals surface area contributed by atoms with Crippen molar-refractivity contribution in [2.45, 2.75) is 69.4 Å². The minimum absolute atomic E-state index is 0.0946. The van der Waals surface area contributed by atoms with Gasteiger partial charge in [-0.3, -0.25) is 37.0 Å². The maximum Gasteiger partial charge on any atom is 0.509 e. The fourth-order valence-corrected chi connectivity index (χ4v) is 8.87. The summed E-state index contributed by atoms with van der Waals surface area (Å²) >= 11 is 0.333. The summed E-state index contributed by atoms with van der Waals surface area (Å²) in [5.74, 6) is -0.567. The number of phosphoric acid groups is 1. The molecule has 3 aromatic rings. The molecule has 21 nitrogen and oxygen atoms in total. The normalized spacial score (nSPS) is 33.8. The summed E-state index contributed by atoms with van der Waals surface area (Å²) in [5, 5.41) is 0. The number of phosphoric ester groups is 1. The van der Waals surface area contributed by atoms with E-state index < -0.39 is 100 Å².